The molecule has 1 N–H and O–H groups in total. The van der Waals surface area contributed by atoms with Crippen LogP contribution < -0.4 is 0 Å². The van der Waals surface area contributed by atoms with Gasteiger partial charge >= 0.3 is 7.82 Å². The normalized spacial score (nSPS) is 13.8. The van der Waals surface area contributed by atoms with Gasteiger partial charge in [-0.25, -0.2) is 4.57 Å². The Morgan fingerprint density at radius 2 is 0.844 bits per heavy atom. The Kier molecular flexibility index (Phi) is 37.8. The molecular weight excluding hydrogens is 651 g/mol. The van der Waals surface area contributed by atoms with Crippen molar-refractivity contribution in [1.82, 2.24) is 0 Å². The van der Waals surface area contributed by atoms with Crippen LogP contribution in [0.15, 0.2) is 0 Å². The summed E-state index contributed by atoms with van der Waals surface area (Å²) in [6, 6.07) is 0. The molecule has 0 aliphatic carbocycles. The number of hydrogen-bond acceptors (Lipinski definition) is 5. The second-order valence-electron chi connectivity index (χ2n) is 13.0. The first-order valence-corrected chi connectivity index (χ1v) is 22.0. The lowest BCUT2D eigenvalue weighted by atomic mass is 10.0. The average molecular weight is 728 g/mol. The van der Waals surface area contributed by atoms with E-state index in [1.165, 1.54) is 161 Å². The summed E-state index contributed by atoms with van der Waals surface area (Å²) in [7, 11) is -4.08. The van der Waals surface area contributed by atoms with Crippen LogP contribution in [0.1, 0.15) is 194 Å². The summed E-state index contributed by atoms with van der Waals surface area (Å²) >= 11 is 3.20. The van der Waals surface area contributed by atoms with Crippen LogP contribution in [0.4, 0.5) is 0 Å². The standard InChI is InChI=1S/C37H76BrO6P/c1-3-5-7-9-11-13-15-17-19-21-23-25-27-29-32-41-35-37(36-44-45(39,40)43-34-31-38)42-33-30-28-26-24-22-20-18-16-14-12-10-8-6-4-2/h37H,3-36H2,1-2H3,(H,39,40). The van der Waals surface area contributed by atoms with Crippen LogP contribution in [0.25, 0.3) is 0 Å². The van der Waals surface area contributed by atoms with Crippen LogP contribution in [-0.4, -0.2) is 49.4 Å². The van der Waals surface area contributed by atoms with Crippen molar-refractivity contribution in [3.63, 3.8) is 0 Å². The molecule has 0 aromatic carbocycles. The first-order chi connectivity index (χ1) is 22.1. The Labute approximate surface area is 289 Å². The lowest BCUT2D eigenvalue weighted by Gasteiger charge is -2.20. The quantitative estimate of drug-likeness (QED) is 0.0386. The topological polar surface area (TPSA) is 74.2 Å². The van der Waals surface area contributed by atoms with Crippen LogP contribution in [0.5, 0.6) is 0 Å². The molecule has 0 aliphatic heterocycles. The molecule has 0 spiro atoms. The van der Waals surface area contributed by atoms with E-state index in [1.807, 2.05) is 0 Å². The molecule has 272 valence electrons. The molecule has 2 unspecified atom stereocenters. The van der Waals surface area contributed by atoms with Crippen molar-refractivity contribution in [3.05, 3.63) is 0 Å². The number of rotatable bonds is 39. The minimum Gasteiger partial charge on any atom is -0.379 e. The summed E-state index contributed by atoms with van der Waals surface area (Å²) < 4.78 is 34.2. The number of phosphoric ester groups is 1. The van der Waals surface area contributed by atoms with Crippen LogP contribution in [0.2, 0.25) is 0 Å². The summed E-state index contributed by atoms with van der Waals surface area (Å²) in [5, 5.41) is 0.474. The van der Waals surface area contributed by atoms with Gasteiger partial charge in [-0.3, -0.25) is 9.05 Å². The minimum absolute atomic E-state index is 0.00654. The first kappa shape index (κ1) is 45.5. The maximum Gasteiger partial charge on any atom is 0.472 e. The Morgan fingerprint density at radius 3 is 1.22 bits per heavy atom. The van der Waals surface area contributed by atoms with Gasteiger partial charge in [-0.2, -0.15) is 0 Å². The number of unbranched alkanes of at least 4 members (excludes halogenated alkanes) is 26. The molecule has 0 fully saturated rings. The molecule has 0 amide bonds. The van der Waals surface area contributed by atoms with Gasteiger partial charge in [-0.15, -0.1) is 0 Å². The molecule has 0 saturated heterocycles. The monoisotopic (exact) mass is 726 g/mol. The molecule has 0 aromatic heterocycles. The highest BCUT2D eigenvalue weighted by molar-refractivity contribution is 9.09. The van der Waals surface area contributed by atoms with Crippen molar-refractivity contribution < 1.29 is 28.0 Å². The summed E-state index contributed by atoms with van der Waals surface area (Å²) in [6.45, 7) is 6.34. The molecule has 0 heterocycles. The molecular formula is C37H76BrO6P. The third-order valence-corrected chi connectivity index (χ3v) is 9.86. The van der Waals surface area contributed by atoms with E-state index in [-0.39, 0.29) is 19.3 Å². The molecule has 0 aliphatic rings. The number of phosphoric acid groups is 1. The average Bonchev–Trinajstić information content (AvgIpc) is 3.03. The summed E-state index contributed by atoms with van der Waals surface area (Å²) in [5.41, 5.74) is 0. The molecule has 45 heavy (non-hydrogen) atoms. The lowest BCUT2D eigenvalue weighted by molar-refractivity contribution is -0.0442. The number of alkyl halides is 1. The highest BCUT2D eigenvalue weighted by Crippen LogP contribution is 2.43. The zero-order valence-corrected chi connectivity index (χ0v) is 32.4. The molecule has 0 aromatic rings. The smallest absolute Gasteiger partial charge is 0.379 e. The number of hydrogen-bond donors (Lipinski definition) is 1. The highest BCUT2D eigenvalue weighted by atomic mass is 79.9. The molecule has 0 radical (unpaired) electrons. The third-order valence-electron chi connectivity index (χ3n) is 8.55. The van der Waals surface area contributed by atoms with Gasteiger partial charge in [0.25, 0.3) is 0 Å². The van der Waals surface area contributed by atoms with Gasteiger partial charge in [0.15, 0.2) is 0 Å². The minimum atomic E-state index is -4.08. The Morgan fingerprint density at radius 1 is 0.489 bits per heavy atom. The zero-order chi connectivity index (χ0) is 32.9. The summed E-state index contributed by atoms with van der Waals surface area (Å²) in [4.78, 5) is 9.90. The Hall–Kier alpha value is 0.510. The van der Waals surface area contributed by atoms with Crippen LogP contribution >= 0.6 is 23.8 Å². The molecule has 2 atom stereocenters. The fraction of sp³-hybridized carbons (Fsp3) is 1.00. The molecule has 0 bridgehead atoms. The van der Waals surface area contributed by atoms with E-state index in [0.717, 1.165) is 19.3 Å². The van der Waals surface area contributed by atoms with E-state index >= 15 is 0 Å². The second-order valence-corrected chi connectivity index (χ2v) is 15.3. The van der Waals surface area contributed by atoms with Gasteiger partial charge in [0.1, 0.15) is 6.10 Å². The van der Waals surface area contributed by atoms with Gasteiger partial charge in [-0.05, 0) is 12.8 Å². The van der Waals surface area contributed by atoms with Crippen molar-refractivity contribution in [1.29, 1.82) is 0 Å². The molecule has 0 saturated carbocycles. The van der Waals surface area contributed by atoms with Crippen molar-refractivity contribution >= 4 is 23.8 Å². The molecule has 0 rings (SSSR count). The van der Waals surface area contributed by atoms with Gasteiger partial charge < -0.3 is 14.4 Å². The highest BCUT2D eigenvalue weighted by Gasteiger charge is 2.23. The summed E-state index contributed by atoms with van der Waals surface area (Å²) in [5.74, 6) is 0. The fourth-order valence-corrected chi connectivity index (χ4v) is 6.83. The Balaban J connectivity index is 3.89. The van der Waals surface area contributed by atoms with E-state index in [4.69, 9.17) is 18.5 Å². The molecule has 6 nitrogen and oxygen atoms in total. The predicted octanol–water partition coefficient (Wildman–Crippen LogP) is 12.9. The number of halogens is 1. The second kappa shape index (κ2) is 37.3. The molecule has 8 heteroatoms. The summed E-state index contributed by atoms with van der Waals surface area (Å²) in [6.07, 6.45) is 36.9. The zero-order valence-electron chi connectivity index (χ0n) is 29.9. The third kappa shape index (κ3) is 37.2. The fourth-order valence-electron chi connectivity index (χ4n) is 5.67. The first-order valence-electron chi connectivity index (χ1n) is 19.4. The number of ether oxygens (including phenoxy) is 2. The van der Waals surface area contributed by atoms with E-state index in [1.54, 1.807) is 0 Å². The van der Waals surface area contributed by atoms with Gasteiger partial charge in [0, 0.05) is 18.5 Å². The van der Waals surface area contributed by atoms with E-state index in [9.17, 15) is 9.46 Å². The maximum absolute atomic E-state index is 12.1. The van der Waals surface area contributed by atoms with Crippen LogP contribution in [0, 0.1) is 0 Å². The van der Waals surface area contributed by atoms with Crippen molar-refractivity contribution in [2.75, 3.05) is 38.4 Å². The van der Waals surface area contributed by atoms with Crippen LogP contribution in [0.3, 0.4) is 0 Å². The van der Waals surface area contributed by atoms with Gasteiger partial charge in [0.2, 0.25) is 0 Å². The lowest BCUT2D eigenvalue weighted by Crippen LogP contribution is -2.26. The van der Waals surface area contributed by atoms with E-state index in [2.05, 4.69) is 29.8 Å². The van der Waals surface area contributed by atoms with E-state index in [0.29, 0.717) is 25.2 Å². The van der Waals surface area contributed by atoms with Gasteiger partial charge in [0.05, 0.1) is 19.8 Å². The van der Waals surface area contributed by atoms with Crippen molar-refractivity contribution in [2.24, 2.45) is 0 Å². The SMILES string of the molecule is CCCCCCCCCCCCCCCCOCC(COP(=O)(O)OCCBr)OCCCCCCCCCCCCCCCC. The van der Waals surface area contributed by atoms with Crippen LogP contribution in [-0.2, 0) is 23.1 Å². The largest absolute Gasteiger partial charge is 0.472 e. The Bertz CT molecular complexity index is 611. The van der Waals surface area contributed by atoms with E-state index < -0.39 is 7.82 Å². The predicted molar refractivity (Wildman–Crippen MR) is 197 cm³/mol. The van der Waals surface area contributed by atoms with Crippen molar-refractivity contribution in [2.45, 2.75) is 200 Å². The van der Waals surface area contributed by atoms with Gasteiger partial charge in [-0.1, -0.05) is 197 Å². The van der Waals surface area contributed by atoms with Crippen molar-refractivity contribution in [3.8, 4) is 0 Å². The maximum atomic E-state index is 12.1.